The SMILES string of the molecule is COCCOCCN1C(=O)C(C)NC1c1ccc(C)cc1. The number of amides is 1. The zero-order chi connectivity index (χ0) is 15.2. The fourth-order valence-corrected chi connectivity index (χ4v) is 2.45. The van der Waals surface area contributed by atoms with Gasteiger partial charge >= 0.3 is 0 Å². The van der Waals surface area contributed by atoms with E-state index in [1.165, 1.54) is 5.56 Å². The monoisotopic (exact) mass is 292 g/mol. The summed E-state index contributed by atoms with van der Waals surface area (Å²) in [5.74, 6) is 0.121. The van der Waals surface area contributed by atoms with Gasteiger partial charge in [-0.2, -0.15) is 0 Å². The van der Waals surface area contributed by atoms with Gasteiger partial charge in [0.25, 0.3) is 0 Å². The summed E-state index contributed by atoms with van der Waals surface area (Å²) < 4.78 is 10.4. The molecule has 1 amide bonds. The molecule has 1 aliphatic rings. The van der Waals surface area contributed by atoms with Gasteiger partial charge in [-0.05, 0) is 19.4 Å². The van der Waals surface area contributed by atoms with Crippen molar-refractivity contribution in [3.8, 4) is 0 Å². The lowest BCUT2D eigenvalue weighted by Crippen LogP contribution is -2.33. The Hall–Kier alpha value is -1.43. The number of nitrogens with one attached hydrogen (secondary N) is 1. The molecular formula is C16H24N2O3. The minimum absolute atomic E-state index is 0.0703. The van der Waals surface area contributed by atoms with Crippen LogP contribution in [0, 0.1) is 6.92 Å². The predicted molar refractivity (Wildman–Crippen MR) is 80.9 cm³/mol. The number of ether oxygens (including phenoxy) is 2. The summed E-state index contributed by atoms with van der Waals surface area (Å²) in [6, 6.07) is 8.11. The molecule has 5 heteroatoms. The first-order chi connectivity index (χ1) is 10.1. The van der Waals surface area contributed by atoms with E-state index in [2.05, 4.69) is 36.5 Å². The first-order valence-corrected chi connectivity index (χ1v) is 7.33. The van der Waals surface area contributed by atoms with Crippen LogP contribution in [0.3, 0.4) is 0 Å². The number of aryl methyl sites for hydroxylation is 1. The zero-order valence-electron chi connectivity index (χ0n) is 13.0. The van der Waals surface area contributed by atoms with E-state index in [9.17, 15) is 4.79 Å². The van der Waals surface area contributed by atoms with E-state index < -0.39 is 0 Å². The van der Waals surface area contributed by atoms with Crippen molar-refractivity contribution in [2.45, 2.75) is 26.1 Å². The summed E-state index contributed by atoms with van der Waals surface area (Å²) in [4.78, 5) is 14.1. The number of hydrogen-bond donors (Lipinski definition) is 1. The molecule has 1 aliphatic heterocycles. The van der Waals surface area contributed by atoms with E-state index in [1.807, 2.05) is 11.8 Å². The zero-order valence-corrected chi connectivity index (χ0v) is 13.0. The third-order valence-corrected chi connectivity index (χ3v) is 3.67. The van der Waals surface area contributed by atoms with Crippen LogP contribution in [0.5, 0.6) is 0 Å². The molecule has 1 aromatic carbocycles. The average molecular weight is 292 g/mol. The molecule has 0 bridgehead atoms. The first-order valence-electron chi connectivity index (χ1n) is 7.33. The summed E-state index contributed by atoms with van der Waals surface area (Å²) in [6.07, 6.45) is -0.0703. The molecule has 1 N–H and O–H groups in total. The molecule has 5 nitrogen and oxygen atoms in total. The maximum atomic E-state index is 12.3. The van der Waals surface area contributed by atoms with Crippen molar-refractivity contribution in [1.82, 2.24) is 10.2 Å². The van der Waals surface area contributed by atoms with Crippen LogP contribution in [0.15, 0.2) is 24.3 Å². The molecule has 0 saturated carbocycles. The summed E-state index contributed by atoms with van der Waals surface area (Å²) in [5, 5.41) is 3.34. The van der Waals surface area contributed by atoms with Crippen molar-refractivity contribution in [2.24, 2.45) is 0 Å². The number of carbonyl (C=O) groups is 1. The van der Waals surface area contributed by atoms with Crippen molar-refractivity contribution in [2.75, 3.05) is 33.5 Å². The van der Waals surface area contributed by atoms with Gasteiger partial charge in [0.1, 0.15) is 6.17 Å². The lowest BCUT2D eigenvalue weighted by atomic mass is 10.1. The van der Waals surface area contributed by atoms with Crippen LogP contribution in [-0.4, -0.2) is 50.3 Å². The molecule has 2 unspecified atom stereocenters. The molecule has 2 atom stereocenters. The van der Waals surface area contributed by atoms with Gasteiger partial charge in [-0.1, -0.05) is 29.8 Å². The van der Waals surface area contributed by atoms with Gasteiger partial charge in [-0.15, -0.1) is 0 Å². The smallest absolute Gasteiger partial charge is 0.241 e. The summed E-state index contributed by atoms with van der Waals surface area (Å²) in [7, 11) is 1.65. The number of hydrogen-bond acceptors (Lipinski definition) is 4. The minimum atomic E-state index is -0.157. The molecule has 1 aromatic rings. The van der Waals surface area contributed by atoms with E-state index in [1.54, 1.807) is 7.11 Å². The van der Waals surface area contributed by atoms with E-state index in [0.29, 0.717) is 26.4 Å². The van der Waals surface area contributed by atoms with Gasteiger partial charge in [0.2, 0.25) is 5.91 Å². The van der Waals surface area contributed by atoms with Gasteiger partial charge in [0.15, 0.2) is 0 Å². The predicted octanol–water partition coefficient (Wildman–Crippen LogP) is 1.48. The lowest BCUT2D eigenvalue weighted by molar-refractivity contribution is -0.130. The van der Waals surface area contributed by atoms with Crippen molar-refractivity contribution < 1.29 is 14.3 Å². The molecule has 0 aliphatic carbocycles. The maximum absolute atomic E-state index is 12.3. The van der Waals surface area contributed by atoms with Gasteiger partial charge in [-0.25, -0.2) is 0 Å². The molecular weight excluding hydrogens is 268 g/mol. The third kappa shape index (κ3) is 4.03. The minimum Gasteiger partial charge on any atom is -0.382 e. The van der Waals surface area contributed by atoms with Crippen molar-refractivity contribution in [1.29, 1.82) is 0 Å². The second-order valence-corrected chi connectivity index (χ2v) is 5.34. The highest BCUT2D eigenvalue weighted by Crippen LogP contribution is 2.25. The number of methoxy groups -OCH3 is 1. The summed E-state index contributed by atoms with van der Waals surface area (Å²) >= 11 is 0. The molecule has 0 radical (unpaired) electrons. The number of benzene rings is 1. The van der Waals surface area contributed by atoms with E-state index in [0.717, 1.165) is 5.56 Å². The highest BCUT2D eigenvalue weighted by atomic mass is 16.5. The molecule has 21 heavy (non-hydrogen) atoms. The van der Waals surface area contributed by atoms with E-state index in [-0.39, 0.29) is 18.1 Å². The second-order valence-electron chi connectivity index (χ2n) is 5.34. The second kappa shape index (κ2) is 7.54. The highest BCUT2D eigenvalue weighted by Gasteiger charge is 2.36. The van der Waals surface area contributed by atoms with Gasteiger partial charge < -0.3 is 14.4 Å². The first kappa shape index (κ1) is 15.9. The van der Waals surface area contributed by atoms with Crippen molar-refractivity contribution in [3.63, 3.8) is 0 Å². The third-order valence-electron chi connectivity index (χ3n) is 3.67. The van der Waals surface area contributed by atoms with Crippen molar-refractivity contribution in [3.05, 3.63) is 35.4 Å². The Morgan fingerprint density at radius 3 is 2.57 bits per heavy atom. The van der Waals surface area contributed by atoms with Crippen LogP contribution in [-0.2, 0) is 14.3 Å². The van der Waals surface area contributed by atoms with Gasteiger partial charge in [-0.3, -0.25) is 10.1 Å². The fraction of sp³-hybridized carbons (Fsp3) is 0.562. The molecule has 1 heterocycles. The Bertz CT molecular complexity index is 461. The fourth-order valence-electron chi connectivity index (χ4n) is 2.45. The Morgan fingerprint density at radius 2 is 1.90 bits per heavy atom. The van der Waals surface area contributed by atoms with E-state index in [4.69, 9.17) is 9.47 Å². The molecule has 1 saturated heterocycles. The van der Waals surface area contributed by atoms with Crippen LogP contribution >= 0.6 is 0 Å². The largest absolute Gasteiger partial charge is 0.382 e. The molecule has 116 valence electrons. The summed E-state index contributed by atoms with van der Waals surface area (Å²) in [5.41, 5.74) is 2.32. The maximum Gasteiger partial charge on any atom is 0.241 e. The Kier molecular flexibility index (Phi) is 5.73. The standard InChI is InChI=1S/C16H24N2O3/c1-12-4-6-14(7-5-12)15-17-13(2)16(19)18(15)8-9-21-11-10-20-3/h4-7,13,15,17H,8-11H2,1-3H3. The van der Waals surface area contributed by atoms with Crippen LogP contribution < -0.4 is 5.32 Å². The van der Waals surface area contributed by atoms with Gasteiger partial charge in [0.05, 0.1) is 25.9 Å². The molecule has 1 fully saturated rings. The van der Waals surface area contributed by atoms with Crippen LogP contribution in [0.2, 0.25) is 0 Å². The van der Waals surface area contributed by atoms with Crippen LogP contribution in [0.1, 0.15) is 24.2 Å². The normalized spacial score (nSPS) is 22.0. The van der Waals surface area contributed by atoms with Crippen molar-refractivity contribution >= 4 is 5.91 Å². The van der Waals surface area contributed by atoms with Gasteiger partial charge in [0, 0.05) is 13.7 Å². The lowest BCUT2D eigenvalue weighted by Gasteiger charge is -2.24. The molecule has 0 aromatic heterocycles. The Labute approximate surface area is 126 Å². The Morgan fingerprint density at radius 1 is 1.19 bits per heavy atom. The van der Waals surface area contributed by atoms with E-state index >= 15 is 0 Å². The number of rotatable bonds is 7. The molecule has 0 spiro atoms. The average Bonchev–Trinajstić information content (AvgIpc) is 2.76. The number of carbonyl (C=O) groups excluding carboxylic acids is 1. The highest BCUT2D eigenvalue weighted by molar-refractivity contribution is 5.84. The topological polar surface area (TPSA) is 50.8 Å². The Balaban J connectivity index is 1.98. The summed E-state index contributed by atoms with van der Waals surface area (Å²) in [6.45, 7) is 6.18. The quantitative estimate of drug-likeness (QED) is 0.773. The molecule has 2 rings (SSSR count). The number of nitrogens with zero attached hydrogens (tertiary/aromatic N) is 1. The van der Waals surface area contributed by atoms with Crippen LogP contribution in [0.25, 0.3) is 0 Å². The van der Waals surface area contributed by atoms with Crippen LogP contribution in [0.4, 0.5) is 0 Å².